The summed E-state index contributed by atoms with van der Waals surface area (Å²) >= 11 is 5.93. The highest BCUT2D eigenvalue weighted by Gasteiger charge is 2.21. The van der Waals surface area contributed by atoms with Crippen LogP contribution in [0.5, 0.6) is 0 Å². The van der Waals surface area contributed by atoms with E-state index < -0.39 is 0 Å². The maximum absolute atomic E-state index is 13.8. The second kappa shape index (κ2) is 7.22. The number of nitrogens with zero attached hydrogens (tertiary/aromatic N) is 1. The Morgan fingerprint density at radius 3 is 2.68 bits per heavy atom. The first-order valence-electron chi connectivity index (χ1n) is 6.99. The van der Waals surface area contributed by atoms with E-state index in [9.17, 15) is 9.50 Å². The van der Waals surface area contributed by atoms with Gasteiger partial charge < -0.3 is 5.11 Å². The number of hydrogen-bond acceptors (Lipinski definition) is 2. The minimum Gasteiger partial charge on any atom is -0.395 e. The molecule has 0 atom stereocenters. The number of benzene rings is 1. The Morgan fingerprint density at radius 2 is 2.00 bits per heavy atom. The normalized spacial score (nSPS) is 17.1. The first kappa shape index (κ1) is 14.8. The fourth-order valence-corrected chi connectivity index (χ4v) is 3.04. The van der Waals surface area contributed by atoms with Gasteiger partial charge in [0.25, 0.3) is 0 Å². The minimum absolute atomic E-state index is 0.110. The van der Waals surface area contributed by atoms with Crippen LogP contribution in [0.25, 0.3) is 0 Å². The summed E-state index contributed by atoms with van der Waals surface area (Å²) < 4.78 is 13.8. The first-order chi connectivity index (χ1) is 9.20. The van der Waals surface area contributed by atoms with Gasteiger partial charge in [0.05, 0.1) is 6.61 Å². The molecular formula is C15H21ClFNO. The lowest BCUT2D eigenvalue weighted by atomic mass is 9.94. The Balaban J connectivity index is 2.08. The quantitative estimate of drug-likeness (QED) is 0.893. The summed E-state index contributed by atoms with van der Waals surface area (Å²) in [4.78, 5) is 2.19. The van der Waals surface area contributed by atoms with Gasteiger partial charge >= 0.3 is 0 Å². The monoisotopic (exact) mass is 285 g/mol. The van der Waals surface area contributed by atoms with Gasteiger partial charge in [-0.3, -0.25) is 4.90 Å². The molecule has 2 rings (SSSR count). The minimum atomic E-state index is -0.219. The Morgan fingerprint density at radius 1 is 1.26 bits per heavy atom. The van der Waals surface area contributed by atoms with E-state index in [0.29, 0.717) is 29.7 Å². The van der Waals surface area contributed by atoms with Crippen molar-refractivity contribution in [2.45, 2.75) is 44.7 Å². The van der Waals surface area contributed by atoms with Crippen molar-refractivity contribution in [3.8, 4) is 0 Å². The zero-order chi connectivity index (χ0) is 13.7. The van der Waals surface area contributed by atoms with Gasteiger partial charge in [0.2, 0.25) is 0 Å². The molecule has 1 aliphatic carbocycles. The van der Waals surface area contributed by atoms with Crippen molar-refractivity contribution in [2.75, 3.05) is 13.2 Å². The van der Waals surface area contributed by atoms with E-state index in [1.54, 1.807) is 12.1 Å². The molecule has 0 amide bonds. The second-order valence-corrected chi connectivity index (χ2v) is 5.66. The largest absolute Gasteiger partial charge is 0.395 e. The molecule has 0 spiro atoms. The van der Waals surface area contributed by atoms with Gasteiger partial charge in [0.1, 0.15) is 5.82 Å². The average Bonchev–Trinajstić information content (AvgIpc) is 2.43. The van der Waals surface area contributed by atoms with Crippen LogP contribution in [0.15, 0.2) is 18.2 Å². The van der Waals surface area contributed by atoms with E-state index >= 15 is 0 Å². The molecule has 0 aliphatic heterocycles. The zero-order valence-corrected chi connectivity index (χ0v) is 11.9. The van der Waals surface area contributed by atoms with E-state index in [0.717, 1.165) is 12.8 Å². The summed E-state index contributed by atoms with van der Waals surface area (Å²) in [5.41, 5.74) is 0.617. The standard InChI is InChI=1S/C15H21ClFNO/c16-13-6-7-15(17)12(10-13)11-18(8-9-19)14-4-2-1-3-5-14/h6-7,10,14,19H,1-5,8-9,11H2. The molecule has 1 aromatic carbocycles. The van der Waals surface area contributed by atoms with Crippen LogP contribution in [0.1, 0.15) is 37.7 Å². The molecule has 2 nitrogen and oxygen atoms in total. The molecule has 1 aromatic rings. The molecule has 0 unspecified atom stereocenters. The van der Waals surface area contributed by atoms with Gasteiger partial charge in [0.15, 0.2) is 0 Å². The molecule has 0 saturated heterocycles. The molecule has 106 valence electrons. The van der Waals surface area contributed by atoms with Crippen molar-refractivity contribution in [3.05, 3.63) is 34.6 Å². The molecule has 19 heavy (non-hydrogen) atoms. The molecule has 1 N–H and O–H groups in total. The predicted octanol–water partition coefficient (Wildman–Crippen LogP) is 3.61. The van der Waals surface area contributed by atoms with Crippen molar-refractivity contribution in [2.24, 2.45) is 0 Å². The third-order valence-electron chi connectivity index (χ3n) is 3.86. The van der Waals surface area contributed by atoms with Gasteiger partial charge in [-0.1, -0.05) is 30.9 Å². The Bertz CT molecular complexity index is 407. The summed E-state index contributed by atoms with van der Waals surface area (Å²) in [5, 5.41) is 9.77. The van der Waals surface area contributed by atoms with Gasteiger partial charge in [-0.25, -0.2) is 4.39 Å². The summed E-state index contributed by atoms with van der Waals surface area (Å²) in [5.74, 6) is -0.219. The van der Waals surface area contributed by atoms with E-state index in [4.69, 9.17) is 11.6 Å². The Labute approximate surface area is 119 Å². The molecule has 0 aromatic heterocycles. The SMILES string of the molecule is OCCN(Cc1cc(Cl)ccc1F)C1CCCCC1. The van der Waals surface area contributed by atoms with E-state index in [1.165, 1.54) is 25.3 Å². The molecule has 4 heteroatoms. The summed E-state index contributed by atoms with van der Waals surface area (Å²) in [6, 6.07) is 5.12. The van der Waals surface area contributed by atoms with Crippen molar-refractivity contribution < 1.29 is 9.50 Å². The topological polar surface area (TPSA) is 23.5 Å². The third-order valence-corrected chi connectivity index (χ3v) is 4.09. The molecule has 0 bridgehead atoms. The van der Waals surface area contributed by atoms with Crippen LogP contribution in [0.3, 0.4) is 0 Å². The number of aliphatic hydroxyl groups excluding tert-OH is 1. The highest BCUT2D eigenvalue weighted by molar-refractivity contribution is 6.30. The molecule has 0 heterocycles. The molecule has 1 saturated carbocycles. The van der Waals surface area contributed by atoms with Crippen molar-refractivity contribution >= 4 is 11.6 Å². The lowest BCUT2D eigenvalue weighted by Gasteiger charge is -2.34. The Hall–Kier alpha value is -0.640. The van der Waals surface area contributed by atoms with Crippen LogP contribution in [-0.2, 0) is 6.54 Å². The van der Waals surface area contributed by atoms with Gasteiger partial charge in [-0.05, 0) is 31.0 Å². The number of hydrogen-bond donors (Lipinski definition) is 1. The molecule has 0 radical (unpaired) electrons. The summed E-state index contributed by atoms with van der Waals surface area (Å²) in [6.45, 7) is 1.23. The fourth-order valence-electron chi connectivity index (χ4n) is 2.85. The van der Waals surface area contributed by atoms with E-state index in [-0.39, 0.29) is 12.4 Å². The van der Waals surface area contributed by atoms with E-state index in [2.05, 4.69) is 4.90 Å². The van der Waals surface area contributed by atoms with Crippen LogP contribution in [0.2, 0.25) is 5.02 Å². The third kappa shape index (κ3) is 4.16. The van der Waals surface area contributed by atoms with Crippen molar-refractivity contribution in [1.29, 1.82) is 0 Å². The highest BCUT2D eigenvalue weighted by Crippen LogP contribution is 2.25. The van der Waals surface area contributed by atoms with Crippen molar-refractivity contribution in [1.82, 2.24) is 4.90 Å². The van der Waals surface area contributed by atoms with Crippen LogP contribution in [0.4, 0.5) is 4.39 Å². The zero-order valence-electron chi connectivity index (χ0n) is 11.1. The highest BCUT2D eigenvalue weighted by atomic mass is 35.5. The number of halogens is 2. The lowest BCUT2D eigenvalue weighted by Crippen LogP contribution is -2.38. The molecule has 1 fully saturated rings. The lowest BCUT2D eigenvalue weighted by molar-refractivity contribution is 0.116. The van der Waals surface area contributed by atoms with Crippen LogP contribution in [0, 0.1) is 5.82 Å². The van der Waals surface area contributed by atoms with Gasteiger partial charge in [-0.15, -0.1) is 0 Å². The van der Waals surface area contributed by atoms with Crippen LogP contribution < -0.4 is 0 Å². The number of aliphatic hydroxyl groups is 1. The van der Waals surface area contributed by atoms with Crippen LogP contribution >= 0.6 is 11.6 Å². The van der Waals surface area contributed by atoms with Crippen molar-refractivity contribution in [3.63, 3.8) is 0 Å². The maximum Gasteiger partial charge on any atom is 0.127 e. The van der Waals surface area contributed by atoms with Crippen LogP contribution in [-0.4, -0.2) is 29.2 Å². The second-order valence-electron chi connectivity index (χ2n) is 5.22. The van der Waals surface area contributed by atoms with Gasteiger partial charge in [0, 0.05) is 29.7 Å². The van der Waals surface area contributed by atoms with E-state index in [1.807, 2.05) is 0 Å². The predicted molar refractivity (Wildman–Crippen MR) is 75.8 cm³/mol. The Kier molecular flexibility index (Phi) is 5.61. The smallest absolute Gasteiger partial charge is 0.127 e. The van der Waals surface area contributed by atoms with Gasteiger partial charge in [-0.2, -0.15) is 0 Å². The summed E-state index contributed by atoms with van der Waals surface area (Å²) in [6.07, 6.45) is 6.02. The maximum atomic E-state index is 13.8. The molecule has 1 aliphatic rings. The summed E-state index contributed by atoms with van der Waals surface area (Å²) in [7, 11) is 0. The first-order valence-corrected chi connectivity index (χ1v) is 7.37. The fraction of sp³-hybridized carbons (Fsp3) is 0.600. The molecular weight excluding hydrogens is 265 g/mol. The number of rotatable bonds is 5. The average molecular weight is 286 g/mol.